The number of nitrogens with one attached hydrogen (secondary N) is 3. The predicted octanol–water partition coefficient (Wildman–Crippen LogP) is 4.61. The van der Waals surface area contributed by atoms with Crippen molar-refractivity contribution in [1.82, 2.24) is 15.6 Å². The lowest BCUT2D eigenvalue weighted by atomic mass is 9.92. The first kappa shape index (κ1) is 19.5. The summed E-state index contributed by atoms with van der Waals surface area (Å²) in [5.74, 6) is -1.08. The zero-order chi connectivity index (χ0) is 20.7. The quantitative estimate of drug-likeness (QED) is 0.520. The molecule has 2 aliphatic rings. The Morgan fingerprint density at radius 1 is 1.13 bits per heavy atom. The third-order valence-electron chi connectivity index (χ3n) is 6.40. The zero-order valence-electron chi connectivity index (χ0n) is 17.3. The third kappa shape index (κ3) is 3.48. The van der Waals surface area contributed by atoms with E-state index in [4.69, 9.17) is 0 Å². The molecule has 0 amide bonds. The number of rotatable bonds is 6. The fourth-order valence-corrected chi connectivity index (χ4v) is 4.61. The van der Waals surface area contributed by atoms with Crippen molar-refractivity contribution >= 4 is 16.6 Å². The highest BCUT2D eigenvalue weighted by Crippen LogP contribution is 2.36. The number of anilines is 1. The van der Waals surface area contributed by atoms with Gasteiger partial charge in [-0.25, -0.2) is 8.78 Å². The average Bonchev–Trinajstić information content (AvgIpc) is 3.06. The van der Waals surface area contributed by atoms with Gasteiger partial charge in [-0.2, -0.15) is 0 Å². The summed E-state index contributed by atoms with van der Waals surface area (Å²) in [6.07, 6.45) is 4.20. The standard InChI is InChI=1S/C24H28F2N4/c1-2-3-9-27-21-14-19-18-12-16(25)13-20(26)23(18)29-24(19)22(28-21)15-5-7-17(8-6-15)30-10-4-11-30/h5-8,12-13,21-22,27-29H,2-4,9-11,14H2,1H3/t21-,22+/m1/s1. The van der Waals surface area contributed by atoms with E-state index in [9.17, 15) is 8.78 Å². The number of unbranched alkanes of at least 4 members (excludes halogenated alkanes) is 1. The highest BCUT2D eigenvalue weighted by molar-refractivity contribution is 5.86. The Morgan fingerprint density at radius 3 is 2.63 bits per heavy atom. The maximum absolute atomic E-state index is 14.5. The van der Waals surface area contributed by atoms with Gasteiger partial charge in [0, 0.05) is 42.3 Å². The summed E-state index contributed by atoms with van der Waals surface area (Å²) < 4.78 is 28.5. The Labute approximate surface area is 175 Å². The van der Waals surface area contributed by atoms with Crippen molar-refractivity contribution in [3.8, 4) is 0 Å². The molecule has 0 saturated carbocycles. The van der Waals surface area contributed by atoms with E-state index in [1.807, 2.05) is 0 Å². The molecule has 3 aromatic rings. The van der Waals surface area contributed by atoms with E-state index in [2.05, 4.69) is 51.7 Å². The fourth-order valence-electron chi connectivity index (χ4n) is 4.61. The molecule has 6 heteroatoms. The van der Waals surface area contributed by atoms with Crippen LogP contribution in [0.1, 0.15) is 49.0 Å². The lowest BCUT2D eigenvalue weighted by Gasteiger charge is -2.34. The van der Waals surface area contributed by atoms with Crippen molar-refractivity contribution < 1.29 is 8.78 Å². The number of aromatic amines is 1. The molecule has 1 fully saturated rings. The smallest absolute Gasteiger partial charge is 0.150 e. The van der Waals surface area contributed by atoms with Gasteiger partial charge in [0.2, 0.25) is 0 Å². The summed E-state index contributed by atoms with van der Waals surface area (Å²) in [6, 6.07) is 10.9. The molecule has 0 aliphatic carbocycles. The van der Waals surface area contributed by atoms with E-state index in [-0.39, 0.29) is 12.2 Å². The first-order chi connectivity index (χ1) is 14.6. The molecule has 4 nitrogen and oxygen atoms in total. The number of fused-ring (bicyclic) bond motifs is 3. The highest BCUT2D eigenvalue weighted by Gasteiger charge is 2.31. The number of H-pyrrole nitrogens is 1. The molecule has 30 heavy (non-hydrogen) atoms. The molecule has 0 bridgehead atoms. The van der Waals surface area contributed by atoms with Gasteiger partial charge in [-0.1, -0.05) is 25.5 Å². The maximum atomic E-state index is 14.5. The molecule has 2 atom stereocenters. The van der Waals surface area contributed by atoms with Gasteiger partial charge in [0.05, 0.1) is 17.7 Å². The molecule has 1 saturated heterocycles. The van der Waals surface area contributed by atoms with E-state index < -0.39 is 11.6 Å². The van der Waals surface area contributed by atoms with E-state index in [0.717, 1.165) is 55.4 Å². The summed E-state index contributed by atoms with van der Waals surface area (Å²) in [7, 11) is 0. The normalized spacial score (nSPS) is 21.0. The molecule has 0 radical (unpaired) electrons. The van der Waals surface area contributed by atoms with Crippen LogP contribution in [0.2, 0.25) is 0 Å². The minimum absolute atomic E-state index is 0.0504. The average molecular weight is 411 g/mol. The van der Waals surface area contributed by atoms with E-state index in [1.54, 1.807) is 0 Å². The molecule has 2 aromatic carbocycles. The van der Waals surface area contributed by atoms with Gasteiger partial charge in [0.15, 0.2) is 0 Å². The van der Waals surface area contributed by atoms with Crippen molar-refractivity contribution in [2.24, 2.45) is 0 Å². The third-order valence-corrected chi connectivity index (χ3v) is 6.40. The van der Waals surface area contributed by atoms with Crippen LogP contribution in [-0.4, -0.2) is 30.8 Å². The Balaban J connectivity index is 1.53. The van der Waals surface area contributed by atoms with Crippen LogP contribution in [0.15, 0.2) is 36.4 Å². The summed E-state index contributed by atoms with van der Waals surface area (Å²) in [5, 5.41) is 7.91. The number of aromatic nitrogens is 1. The largest absolute Gasteiger partial charge is 0.371 e. The van der Waals surface area contributed by atoms with Gasteiger partial charge < -0.3 is 15.2 Å². The van der Waals surface area contributed by atoms with Crippen molar-refractivity contribution in [3.63, 3.8) is 0 Å². The Morgan fingerprint density at radius 2 is 1.93 bits per heavy atom. The van der Waals surface area contributed by atoms with Crippen molar-refractivity contribution in [1.29, 1.82) is 0 Å². The molecule has 2 aliphatic heterocycles. The Hall–Kier alpha value is -2.44. The SMILES string of the molecule is CCCCN[C@H]1Cc2c([nH]c3c(F)cc(F)cc23)[C@H](c2ccc(N3CCC3)cc2)N1. The number of hydrogen-bond acceptors (Lipinski definition) is 3. The number of halogens is 2. The molecule has 0 spiro atoms. The van der Waals surface area contributed by atoms with Gasteiger partial charge >= 0.3 is 0 Å². The van der Waals surface area contributed by atoms with Crippen LogP contribution in [0.5, 0.6) is 0 Å². The molecule has 0 unspecified atom stereocenters. The molecule has 158 valence electrons. The van der Waals surface area contributed by atoms with E-state index in [1.165, 1.54) is 18.2 Å². The minimum atomic E-state index is -0.540. The first-order valence-corrected chi connectivity index (χ1v) is 11.0. The summed E-state index contributed by atoms with van der Waals surface area (Å²) in [4.78, 5) is 5.63. The van der Waals surface area contributed by atoms with Crippen molar-refractivity contribution in [3.05, 3.63) is 64.9 Å². The van der Waals surface area contributed by atoms with Crippen LogP contribution in [-0.2, 0) is 6.42 Å². The number of nitrogens with zero attached hydrogens (tertiary/aromatic N) is 1. The van der Waals surface area contributed by atoms with Crippen LogP contribution in [0.4, 0.5) is 14.5 Å². The summed E-state index contributed by atoms with van der Waals surface area (Å²) >= 11 is 0. The van der Waals surface area contributed by atoms with Crippen LogP contribution in [0, 0.1) is 11.6 Å². The van der Waals surface area contributed by atoms with Crippen LogP contribution < -0.4 is 15.5 Å². The lowest BCUT2D eigenvalue weighted by Crippen LogP contribution is -2.49. The number of hydrogen-bond donors (Lipinski definition) is 3. The minimum Gasteiger partial charge on any atom is -0.371 e. The predicted molar refractivity (Wildman–Crippen MR) is 117 cm³/mol. The second-order valence-corrected chi connectivity index (χ2v) is 8.42. The molecule has 3 heterocycles. The second kappa shape index (κ2) is 8.00. The van der Waals surface area contributed by atoms with Gasteiger partial charge in [-0.3, -0.25) is 5.32 Å². The molecule has 5 rings (SSSR count). The summed E-state index contributed by atoms with van der Waals surface area (Å²) in [6.45, 7) is 5.31. The van der Waals surface area contributed by atoms with Gasteiger partial charge in [-0.15, -0.1) is 0 Å². The lowest BCUT2D eigenvalue weighted by molar-refractivity contribution is 0.368. The Bertz CT molecular complexity index is 1040. The molecular formula is C24H28F2N4. The van der Waals surface area contributed by atoms with E-state index in [0.29, 0.717) is 17.3 Å². The topological polar surface area (TPSA) is 43.1 Å². The second-order valence-electron chi connectivity index (χ2n) is 8.42. The molecule has 3 N–H and O–H groups in total. The highest BCUT2D eigenvalue weighted by atomic mass is 19.1. The van der Waals surface area contributed by atoms with Gasteiger partial charge in [0.1, 0.15) is 11.6 Å². The molecule has 1 aromatic heterocycles. The van der Waals surface area contributed by atoms with Crippen LogP contribution in [0.25, 0.3) is 10.9 Å². The van der Waals surface area contributed by atoms with Crippen LogP contribution in [0.3, 0.4) is 0 Å². The number of benzene rings is 2. The van der Waals surface area contributed by atoms with Crippen molar-refractivity contribution in [2.75, 3.05) is 24.5 Å². The fraction of sp³-hybridized carbons (Fsp3) is 0.417. The van der Waals surface area contributed by atoms with Gasteiger partial charge in [-0.05, 0) is 48.7 Å². The first-order valence-electron chi connectivity index (χ1n) is 11.0. The van der Waals surface area contributed by atoms with Gasteiger partial charge in [0.25, 0.3) is 0 Å². The van der Waals surface area contributed by atoms with Crippen molar-refractivity contribution in [2.45, 2.75) is 44.8 Å². The Kier molecular flexibility index (Phi) is 5.21. The molecular weight excluding hydrogens is 382 g/mol. The summed E-state index contributed by atoms with van der Waals surface area (Å²) in [5.41, 5.74) is 4.67. The van der Waals surface area contributed by atoms with Crippen LogP contribution >= 0.6 is 0 Å². The maximum Gasteiger partial charge on any atom is 0.150 e. The monoisotopic (exact) mass is 410 g/mol. The van der Waals surface area contributed by atoms with E-state index >= 15 is 0 Å². The zero-order valence-corrected chi connectivity index (χ0v) is 17.3.